The molecular weight excluding hydrogens is 672 g/mol. The average Bonchev–Trinajstić information content (AvgIpc) is 3.16. The van der Waals surface area contributed by atoms with Gasteiger partial charge in [0.2, 0.25) is 0 Å². The Kier molecular flexibility index (Phi) is 18.3. The zero-order valence-electron chi connectivity index (χ0n) is 29.4. The fraction of sp³-hybridized carbons (Fsp3) is 0.400. The molecule has 0 unspecified atom stereocenters. The van der Waals surface area contributed by atoms with Gasteiger partial charge in [0.1, 0.15) is 5.60 Å². The van der Waals surface area contributed by atoms with Crippen molar-refractivity contribution in [1.29, 1.82) is 0 Å². The van der Waals surface area contributed by atoms with Gasteiger partial charge in [-0.1, -0.05) is 109 Å². The van der Waals surface area contributed by atoms with E-state index in [4.69, 9.17) is 37.3 Å². The van der Waals surface area contributed by atoms with Crippen LogP contribution in [0.2, 0.25) is 0 Å². The Bertz CT molecular complexity index is 1470. The van der Waals surface area contributed by atoms with E-state index in [0.29, 0.717) is 79.3 Å². The van der Waals surface area contributed by atoms with Crippen molar-refractivity contribution < 1.29 is 45.8 Å². The van der Waals surface area contributed by atoms with Crippen LogP contribution in [-0.2, 0) is 53.1 Å². The second-order valence-corrected chi connectivity index (χ2v) is 13.0. The summed E-state index contributed by atoms with van der Waals surface area (Å²) in [4.78, 5) is 0.129. The summed E-state index contributed by atoms with van der Waals surface area (Å²) in [6.45, 7) is 7.10. The molecular formula is C40H50O10S. The van der Waals surface area contributed by atoms with E-state index in [1.807, 2.05) is 61.5 Å². The second kappa shape index (κ2) is 23.1. The zero-order valence-corrected chi connectivity index (χ0v) is 30.2. The first-order valence-electron chi connectivity index (χ1n) is 17.3. The van der Waals surface area contributed by atoms with E-state index in [1.165, 1.54) is 12.1 Å². The highest BCUT2D eigenvalue weighted by Crippen LogP contribution is 2.40. The van der Waals surface area contributed by atoms with Crippen molar-refractivity contribution >= 4 is 10.1 Å². The van der Waals surface area contributed by atoms with Crippen LogP contribution in [-0.4, -0.2) is 101 Å². The summed E-state index contributed by atoms with van der Waals surface area (Å²) >= 11 is 0. The lowest BCUT2D eigenvalue weighted by atomic mass is 9.80. The molecule has 0 aromatic heterocycles. The van der Waals surface area contributed by atoms with Crippen LogP contribution in [0.1, 0.15) is 22.3 Å². The van der Waals surface area contributed by atoms with Crippen LogP contribution in [0.3, 0.4) is 0 Å². The third-order valence-electron chi connectivity index (χ3n) is 7.72. The third kappa shape index (κ3) is 13.9. The topological polar surface area (TPSA) is 108 Å². The van der Waals surface area contributed by atoms with Crippen molar-refractivity contribution in [1.82, 2.24) is 0 Å². The van der Waals surface area contributed by atoms with Gasteiger partial charge in [-0.25, -0.2) is 0 Å². The standard InChI is InChI=1S/C40H50O10S/c1-35-17-19-39(20-18-35)51(41,42)50-34-32-48-30-28-46-26-24-44-22-21-43-23-25-45-27-29-47-31-33-49-40(36-11-5-2-6-12-36,37-13-7-3-8-14-37)38-15-9-4-10-16-38/h2-20H,21-34H2,1H3. The summed E-state index contributed by atoms with van der Waals surface area (Å²) in [6, 6.07) is 37.3. The molecule has 0 aliphatic rings. The maximum Gasteiger partial charge on any atom is 0.297 e. The van der Waals surface area contributed by atoms with Crippen LogP contribution in [0.25, 0.3) is 0 Å². The molecule has 4 aromatic rings. The van der Waals surface area contributed by atoms with E-state index in [1.54, 1.807) is 12.1 Å². The van der Waals surface area contributed by atoms with E-state index in [-0.39, 0.29) is 18.1 Å². The Morgan fingerprint density at radius 3 is 1.08 bits per heavy atom. The molecule has 51 heavy (non-hydrogen) atoms. The van der Waals surface area contributed by atoms with Gasteiger partial charge in [-0.15, -0.1) is 0 Å². The highest BCUT2D eigenvalue weighted by Gasteiger charge is 2.37. The molecule has 0 spiro atoms. The van der Waals surface area contributed by atoms with Gasteiger partial charge < -0.3 is 33.2 Å². The summed E-state index contributed by atoms with van der Waals surface area (Å²) in [6.07, 6.45) is 0. The van der Waals surface area contributed by atoms with E-state index in [9.17, 15) is 8.42 Å². The Hall–Kier alpha value is -3.49. The van der Waals surface area contributed by atoms with Crippen molar-refractivity contribution in [2.24, 2.45) is 0 Å². The minimum atomic E-state index is -3.78. The van der Waals surface area contributed by atoms with Gasteiger partial charge >= 0.3 is 0 Å². The first-order chi connectivity index (χ1) is 25.0. The van der Waals surface area contributed by atoms with E-state index < -0.39 is 15.7 Å². The average molecular weight is 723 g/mol. The Labute approximate surface area is 302 Å². The third-order valence-corrected chi connectivity index (χ3v) is 9.05. The molecule has 0 amide bonds. The van der Waals surface area contributed by atoms with E-state index >= 15 is 0 Å². The molecule has 4 rings (SSSR count). The quantitative estimate of drug-likeness (QED) is 0.0426. The van der Waals surface area contributed by atoms with Crippen molar-refractivity contribution in [3.05, 3.63) is 138 Å². The van der Waals surface area contributed by atoms with Gasteiger partial charge in [-0.3, -0.25) is 4.18 Å². The lowest BCUT2D eigenvalue weighted by Crippen LogP contribution is -2.34. The molecule has 276 valence electrons. The van der Waals surface area contributed by atoms with E-state index in [0.717, 1.165) is 22.3 Å². The summed E-state index contributed by atoms with van der Waals surface area (Å²) in [5.41, 5.74) is 3.38. The van der Waals surface area contributed by atoms with Crippen LogP contribution in [0.15, 0.2) is 120 Å². The summed E-state index contributed by atoms with van der Waals surface area (Å²) in [5.74, 6) is 0. The van der Waals surface area contributed by atoms with Gasteiger partial charge in [0.05, 0.1) is 97.4 Å². The molecule has 0 radical (unpaired) electrons. The maximum absolute atomic E-state index is 12.1. The smallest absolute Gasteiger partial charge is 0.297 e. The molecule has 0 saturated heterocycles. The largest absolute Gasteiger partial charge is 0.377 e. The summed E-state index contributed by atoms with van der Waals surface area (Å²) in [7, 11) is -3.78. The molecule has 0 saturated carbocycles. The number of rotatable bonds is 27. The SMILES string of the molecule is Cc1ccc(S(=O)(=O)OCCOCCOCCOCCOCCOCCOCCOC(c2ccccc2)(c2ccccc2)c2ccccc2)cc1. The number of ether oxygens (including phenoxy) is 7. The molecule has 11 heteroatoms. The number of benzene rings is 4. The predicted molar refractivity (Wildman–Crippen MR) is 194 cm³/mol. The minimum absolute atomic E-state index is 0.0607. The highest BCUT2D eigenvalue weighted by atomic mass is 32.2. The van der Waals surface area contributed by atoms with Crippen LogP contribution < -0.4 is 0 Å². The number of aryl methyl sites for hydroxylation is 1. The molecule has 0 fully saturated rings. The van der Waals surface area contributed by atoms with Crippen LogP contribution in [0, 0.1) is 6.92 Å². The lowest BCUT2D eigenvalue weighted by molar-refractivity contribution is -0.0395. The summed E-state index contributed by atoms with van der Waals surface area (Å²) < 4.78 is 69.3. The Morgan fingerprint density at radius 1 is 0.412 bits per heavy atom. The Morgan fingerprint density at radius 2 is 0.725 bits per heavy atom. The molecule has 0 bridgehead atoms. The van der Waals surface area contributed by atoms with Crippen LogP contribution in [0.4, 0.5) is 0 Å². The van der Waals surface area contributed by atoms with Crippen molar-refractivity contribution in [3.8, 4) is 0 Å². The molecule has 0 heterocycles. The van der Waals surface area contributed by atoms with Gasteiger partial charge in [0.15, 0.2) is 0 Å². The van der Waals surface area contributed by atoms with Gasteiger partial charge in [-0.2, -0.15) is 8.42 Å². The van der Waals surface area contributed by atoms with Crippen LogP contribution >= 0.6 is 0 Å². The molecule has 0 atom stereocenters. The fourth-order valence-electron chi connectivity index (χ4n) is 5.20. The van der Waals surface area contributed by atoms with Gasteiger partial charge in [0.25, 0.3) is 10.1 Å². The van der Waals surface area contributed by atoms with E-state index in [2.05, 4.69) is 36.4 Å². The molecule has 10 nitrogen and oxygen atoms in total. The molecule has 4 aromatic carbocycles. The zero-order chi connectivity index (χ0) is 35.9. The van der Waals surface area contributed by atoms with Crippen molar-refractivity contribution in [2.75, 3.05) is 92.5 Å². The van der Waals surface area contributed by atoms with Crippen LogP contribution in [0.5, 0.6) is 0 Å². The minimum Gasteiger partial charge on any atom is -0.377 e. The molecule has 0 aliphatic heterocycles. The maximum atomic E-state index is 12.1. The van der Waals surface area contributed by atoms with Crippen molar-refractivity contribution in [2.45, 2.75) is 17.4 Å². The second-order valence-electron chi connectivity index (χ2n) is 11.4. The van der Waals surface area contributed by atoms with Gasteiger partial charge in [0, 0.05) is 0 Å². The first-order valence-corrected chi connectivity index (χ1v) is 18.7. The molecule has 0 N–H and O–H groups in total. The first kappa shape index (κ1) is 40.3. The Balaban J connectivity index is 0.963. The fourth-order valence-corrected chi connectivity index (χ4v) is 6.09. The van der Waals surface area contributed by atoms with Gasteiger partial charge in [-0.05, 0) is 35.7 Å². The predicted octanol–water partition coefficient (Wildman–Crippen LogP) is 5.81. The number of hydrogen-bond acceptors (Lipinski definition) is 10. The number of hydrogen-bond donors (Lipinski definition) is 0. The highest BCUT2D eigenvalue weighted by molar-refractivity contribution is 7.86. The lowest BCUT2D eigenvalue weighted by Gasteiger charge is -2.36. The monoisotopic (exact) mass is 722 g/mol. The normalized spacial score (nSPS) is 11.9. The van der Waals surface area contributed by atoms with Crippen molar-refractivity contribution in [3.63, 3.8) is 0 Å². The molecule has 0 aliphatic carbocycles. The summed E-state index contributed by atoms with van der Waals surface area (Å²) in [5, 5.41) is 0.